The van der Waals surface area contributed by atoms with Crippen molar-refractivity contribution >= 4 is 29.7 Å². The summed E-state index contributed by atoms with van der Waals surface area (Å²) in [6, 6.07) is 13.4. The van der Waals surface area contributed by atoms with E-state index in [4.69, 9.17) is 9.47 Å². The number of anilines is 1. The fraction of sp³-hybridized carbons (Fsp3) is 0.516. The highest BCUT2D eigenvalue weighted by Gasteiger charge is 2.37. The van der Waals surface area contributed by atoms with Gasteiger partial charge in [0.1, 0.15) is 25.1 Å². The van der Waals surface area contributed by atoms with Gasteiger partial charge in [-0.2, -0.15) is 0 Å². The number of hydrogen-bond donors (Lipinski definition) is 4. The third-order valence-electron chi connectivity index (χ3n) is 7.79. The lowest BCUT2D eigenvalue weighted by Crippen LogP contribution is -2.49. The van der Waals surface area contributed by atoms with Crippen molar-refractivity contribution in [3.8, 4) is 0 Å². The molecule has 12 nitrogen and oxygen atoms in total. The van der Waals surface area contributed by atoms with Gasteiger partial charge >= 0.3 is 12.1 Å². The molecule has 2 aliphatic rings. The highest BCUT2D eigenvalue weighted by atomic mass is 16.6. The van der Waals surface area contributed by atoms with Crippen LogP contribution in [0.5, 0.6) is 0 Å². The molecule has 1 saturated heterocycles. The Morgan fingerprint density at radius 2 is 1.77 bits per heavy atom. The van der Waals surface area contributed by atoms with E-state index in [0.29, 0.717) is 25.2 Å². The van der Waals surface area contributed by atoms with E-state index in [-0.39, 0.29) is 44.2 Å². The van der Waals surface area contributed by atoms with Crippen LogP contribution < -0.4 is 16.0 Å². The van der Waals surface area contributed by atoms with Crippen LogP contribution in [-0.2, 0) is 30.5 Å². The molecule has 0 bridgehead atoms. The molecular weight excluding hydrogens is 554 g/mol. The zero-order valence-corrected chi connectivity index (χ0v) is 24.3. The van der Waals surface area contributed by atoms with Crippen molar-refractivity contribution in [2.75, 3.05) is 31.6 Å². The van der Waals surface area contributed by atoms with Crippen LogP contribution in [-0.4, -0.2) is 83.3 Å². The number of hydrogen-bond acceptors (Lipinski definition) is 8. The second kappa shape index (κ2) is 16.4. The van der Waals surface area contributed by atoms with E-state index in [0.717, 1.165) is 31.2 Å². The summed E-state index contributed by atoms with van der Waals surface area (Å²) in [6.45, 7) is 0.189. The molecule has 1 aromatic heterocycles. The van der Waals surface area contributed by atoms with Gasteiger partial charge in [-0.1, -0.05) is 55.7 Å². The van der Waals surface area contributed by atoms with E-state index >= 15 is 0 Å². The Morgan fingerprint density at radius 1 is 1.00 bits per heavy atom. The molecule has 2 fully saturated rings. The van der Waals surface area contributed by atoms with Gasteiger partial charge in [0.05, 0.1) is 18.7 Å². The summed E-state index contributed by atoms with van der Waals surface area (Å²) < 4.78 is 11.4. The Kier molecular flexibility index (Phi) is 12.1. The largest absolute Gasteiger partial charge is 0.480 e. The number of benzene rings is 1. The summed E-state index contributed by atoms with van der Waals surface area (Å²) in [6.07, 6.45) is 6.80. The van der Waals surface area contributed by atoms with Crippen molar-refractivity contribution in [2.24, 2.45) is 5.92 Å². The predicted octanol–water partition coefficient (Wildman–Crippen LogP) is 2.95. The van der Waals surface area contributed by atoms with Gasteiger partial charge in [0.15, 0.2) is 0 Å². The number of carbonyl (C=O) groups is 4. The molecule has 3 amide bonds. The number of rotatable bonds is 14. The van der Waals surface area contributed by atoms with E-state index < -0.39 is 30.1 Å². The van der Waals surface area contributed by atoms with E-state index in [1.807, 2.05) is 48.5 Å². The van der Waals surface area contributed by atoms with Crippen molar-refractivity contribution < 1.29 is 33.8 Å². The van der Waals surface area contributed by atoms with Crippen molar-refractivity contribution in [3.05, 3.63) is 60.3 Å². The second-order valence-corrected chi connectivity index (χ2v) is 11.1. The smallest absolute Gasteiger partial charge is 0.410 e. The van der Waals surface area contributed by atoms with Gasteiger partial charge in [0.25, 0.3) is 0 Å². The molecule has 1 aliphatic carbocycles. The van der Waals surface area contributed by atoms with Crippen molar-refractivity contribution in [2.45, 2.75) is 69.7 Å². The normalized spacial score (nSPS) is 19.3. The lowest BCUT2D eigenvalue weighted by molar-refractivity contribution is -0.142. The molecule has 3 atom stereocenters. The first kappa shape index (κ1) is 31.7. The Balaban J connectivity index is 1.24. The number of carbonyl (C=O) groups excluding carboxylic acids is 3. The summed E-state index contributed by atoms with van der Waals surface area (Å²) in [5, 5.41) is 17.8. The Labute approximate surface area is 251 Å². The molecule has 0 radical (unpaired) electrons. The van der Waals surface area contributed by atoms with Crippen LogP contribution in [0.25, 0.3) is 0 Å². The zero-order valence-electron chi connectivity index (χ0n) is 24.3. The second-order valence-electron chi connectivity index (χ2n) is 11.1. The number of likely N-dealkylation sites (tertiary alicyclic amines) is 1. The average Bonchev–Trinajstić information content (AvgIpc) is 3.44. The molecule has 0 spiro atoms. The van der Waals surface area contributed by atoms with Crippen LogP contribution in [0.1, 0.15) is 50.5 Å². The van der Waals surface area contributed by atoms with Crippen LogP contribution in [0.3, 0.4) is 0 Å². The third-order valence-corrected chi connectivity index (χ3v) is 7.79. The summed E-state index contributed by atoms with van der Waals surface area (Å²) >= 11 is 0. The number of nitrogens with zero attached hydrogens (tertiary/aromatic N) is 2. The summed E-state index contributed by atoms with van der Waals surface area (Å²) in [5.74, 6) is -1.11. The maximum atomic E-state index is 13.0. The monoisotopic (exact) mass is 595 g/mol. The molecule has 4 N–H and O–H groups in total. The van der Waals surface area contributed by atoms with Gasteiger partial charge in [-0.05, 0) is 42.9 Å². The number of nitrogens with one attached hydrogen (secondary N) is 3. The van der Waals surface area contributed by atoms with Crippen molar-refractivity contribution in [1.29, 1.82) is 0 Å². The molecule has 43 heavy (non-hydrogen) atoms. The molecular formula is C31H41N5O7. The first-order chi connectivity index (χ1) is 20.9. The lowest BCUT2D eigenvalue weighted by atomic mass is 9.87. The molecule has 4 rings (SSSR count). The predicted molar refractivity (Wildman–Crippen MR) is 158 cm³/mol. The first-order valence-corrected chi connectivity index (χ1v) is 14.9. The molecule has 0 unspecified atom stereocenters. The molecule has 1 aliphatic heterocycles. The van der Waals surface area contributed by atoms with Crippen molar-refractivity contribution in [1.82, 2.24) is 20.5 Å². The average molecular weight is 596 g/mol. The van der Waals surface area contributed by atoms with Gasteiger partial charge in [-0.3, -0.25) is 9.59 Å². The Morgan fingerprint density at radius 3 is 2.49 bits per heavy atom. The van der Waals surface area contributed by atoms with Gasteiger partial charge in [-0.25, -0.2) is 14.6 Å². The highest BCUT2D eigenvalue weighted by Crippen LogP contribution is 2.26. The van der Waals surface area contributed by atoms with E-state index in [2.05, 4.69) is 20.9 Å². The fourth-order valence-corrected chi connectivity index (χ4v) is 5.47. The van der Waals surface area contributed by atoms with Crippen LogP contribution in [0.15, 0.2) is 54.7 Å². The van der Waals surface area contributed by atoms with E-state index in [9.17, 15) is 24.3 Å². The number of pyridine rings is 1. The summed E-state index contributed by atoms with van der Waals surface area (Å²) in [7, 11) is 0. The Bertz CT molecular complexity index is 1190. The number of amides is 3. The minimum absolute atomic E-state index is 0.131. The molecule has 2 heterocycles. The number of carboxylic acids is 1. The SMILES string of the molecule is O=C(CO[C@@H]1C[C@@H](CNc2ccccn2)N(C(=O)OCc2ccccc2)C1)NC[C@H](NC(=O)CC1CCCCC1)C(=O)O. The number of aliphatic carboxylic acids is 1. The highest BCUT2D eigenvalue weighted by molar-refractivity contribution is 5.85. The first-order valence-electron chi connectivity index (χ1n) is 14.9. The van der Waals surface area contributed by atoms with E-state index in [1.165, 1.54) is 6.42 Å². The number of ether oxygens (including phenoxy) is 2. The number of aromatic nitrogens is 1. The lowest BCUT2D eigenvalue weighted by Gasteiger charge is -2.24. The van der Waals surface area contributed by atoms with Crippen molar-refractivity contribution in [3.63, 3.8) is 0 Å². The number of carboxylic acid groups (broad SMARTS) is 1. The summed E-state index contributed by atoms with van der Waals surface area (Å²) in [5.41, 5.74) is 0.868. The molecule has 12 heteroatoms. The van der Waals surface area contributed by atoms with Crippen LogP contribution >= 0.6 is 0 Å². The summed E-state index contributed by atoms with van der Waals surface area (Å²) in [4.78, 5) is 55.5. The van der Waals surface area contributed by atoms with Gasteiger partial charge in [0, 0.05) is 25.7 Å². The minimum Gasteiger partial charge on any atom is -0.480 e. The van der Waals surface area contributed by atoms with Crippen LogP contribution in [0.4, 0.5) is 10.6 Å². The third kappa shape index (κ3) is 10.5. The maximum Gasteiger partial charge on any atom is 0.410 e. The zero-order chi connectivity index (χ0) is 30.4. The standard InChI is InChI=1S/C31H41N5O7/c37-28(15-22-9-3-1-4-10-22)35-26(30(39)40)18-34-29(38)21-42-25-16-24(17-33-27-13-7-8-14-32-27)36(19-25)31(41)43-20-23-11-5-2-6-12-23/h2,5-8,11-14,22,24-26H,1,3-4,9-10,15-21H2,(H,32,33)(H,34,38)(H,35,37)(H,39,40)/t24-,25+,26-/m0/s1. The molecule has 1 saturated carbocycles. The van der Waals surface area contributed by atoms with E-state index in [1.54, 1.807) is 11.1 Å². The molecule has 1 aromatic carbocycles. The quantitative estimate of drug-likeness (QED) is 0.258. The van der Waals surface area contributed by atoms with Gasteiger partial charge < -0.3 is 35.4 Å². The maximum absolute atomic E-state index is 13.0. The van der Waals surface area contributed by atoms with Crippen LogP contribution in [0, 0.1) is 5.92 Å². The molecule has 2 aromatic rings. The van der Waals surface area contributed by atoms with Gasteiger partial charge in [0.2, 0.25) is 11.8 Å². The topological polar surface area (TPSA) is 159 Å². The Hall–Kier alpha value is -4.19. The minimum atomic E-state index is -1.23. The molecule has 232 valence electrons. The fourth-order valence-electron chi connectivity index (χ4n) is 5.47. The van der Waals surface area contributed by atoms with Gasteiger partial charge in [-0.15, -0.1) is 0 Å². The van der Waals surface area contributed by atoms with Crippen LogP contribution in [0.2, 0.25) is 0 Å².